The lowest BCUT2D eigenvalue weighted by Gasteiger charge is -2.25. The molecule has 1 aliphatic rings. The molecule has 0 aliphatic carbocycles. The van der Waals surface area contributed by atoms with E-state index in [1.54, 1.807) is 0 Å². The van der Waals surface area contributed by atoms with Gasteiger partial charge in [-0.2, -0.15) is 4.31 Å². The number of methoxy groups -OCH3 is 1. The summed E-state index contributed by atoms with van der Waals surface area (Å²) >= 11 is 0. The fraction of sp³-hybridized carbons (Fsp3) is 0.350. The zero-order chi connectivity index (χ0) is 21.7. The Bertz CT molecular complexity index is 1050. The van der Waals surface area contributed by atoms with Crippen LogP contribution in [0.5, 0.6) is 5.75 Å². The zero-order valence-corrected chi connectivity index (χ0v) is 17.3. The molecule has 1 heterocycles. The minimum atomic E-state index is -3.68. The standard InChI is InChI=1S/C20H22N2O7S/c1-28-19-9-8-17(22(24)25)12-16(19)14-29-20(23)15-6-5-7-18(13-15)30(26,27)21-10-3-2-4-11-21/h5-9,12-13H,2-4,10-11,14H2,1H3. The first-order chi connectivity index (χ1) is 14.3. The Balaban J connectivity index is 1.76. The van der Waals surface area contributed by atoms with Crippen LogP contribution in [0.15, 0.2) is 47.4 Å². The predicted octanol–water partition coefficient (Wildman–Crippen LogP) is 3.14. The van der Waals surface area contributed by atoms with Gasteiger partial charge in [0.1, 0.15) is 12.4 Å². The third-order valence-corrected chi connectivity index (χ3v) is 6.75. The van der Waals surface area contributed by atoms with Gasteiger partial charge >= 0.3 is 5.97 Å². The number of rotatable bonds is 7. The molecule has 0 N–H and O–H groups in total. The molecule has 2 aromatic carbocycles. The quantitative estimate of drug-likeness (QED) is 0.373. The van der Waals surface area contributed by atoms with Crippen molar-refractivity contribution in [2.45, 2.75) is 30.8 Å². The van der Waals surface area contributed by atoms with Crippen molar-refractivity contribution in [1.82, 2.24) is 4.31 Å². The first-order valence-electron chi connectivity index (χ1n) is 9.41. The lowest BCUT2D eigenvalue weighted by atomic mass is 10.2. The topological polar surface area (TPSA) is 116 Å². The molecule has 1 fully saturated rings. The summed E-state index contributed by atoms with van der Waals surface area (Å²) in [6.07, 6.45) is 2.62. The Morgan fingerprint density at radius 1 is 1.13 bits per heavy atom. The molecule has 1 aliphatic heterocycles. The van der Waals surface area contributed by atoms with Crippen molar-refractivity contribution in [3.8, 4) is 5.75 Å². The number of benzene rings is 2. The highest BCUT2D eigenvalue weighted by atomic mass is 32.2. The van der Waals surface area contributed by atoms with Crippen LogP contribution < -0.4 is 4.74 Å². The summed E-state index contributed by atoms with van der Waals surface area (Å²) in [7, 11) is -2.28. The number of hydrogen-bond donors (Lipinski definition) is 0. The number of carbonyl (C=O) groups excluding carboxylic acids is 1. The summed E-state index contributed by atoms with van der Waals surface area (Å²) in [5, 5.41) is 11.0. The van der Waals surface area contributed by atoms with Gasteiger partial charge in [0.05, 0.1) is 22.5 Å². The Kier molecular flexibility index (Phi) is 6.68. The number of nitrogens with zero attached hydrogens (tertiary/aromatic N) is 2. The second-order valence-corrected chi connectivity index (χ2v) is 8.76. The van der Waals surface area contributed by atoms with E-state index in [1.807, 2.05) is 0 Å². The molecule has 2 aromatic rings. The van der Waals surface area contributed by atoms with Crippen LogP contribution in [0.1, 0.15) is 35.2 Å². The first kappa shape index (κ1) is 21.7. The highest BCUT2D eigenvalue weighted by molar-refractivity contribution is 7.89. The number of carbonyl (C=O) groups is 1. The van der Waals surface area contributed by atoms with Crippen molar-refractivity contribution >= 4 is 21.7 Å². The number of ether oxygens (including phenoxy) is 2. The number of sulfonamides is 1. The molecule has 3 rings (SSSR count). The van der Waals surface area contributed by atoms with Gasteiger partial charge in [0, 0.05) is 30.8 Å². The van der Waals surface area contributed by atoms with Crippen molar-refractivity contribution in [2.24, 2.45) is 0 Å². The molecule has 0 radical (unpaired) electrons. The second-order valence-electron chi connectivity index (χ2n) is 6.82. The van der Waals surface area contributed by atoms with Gasteiger partial charge in [0.2, 0.25) is 10.0 Å². The number of nitro benzene ring substituents is 1. The van der Waals surface area contributed by atoms with Gasteiger partial charge in [-0.25, -0.2) is 13.2 Å². The fourth-order valence-electron chi connectivity index (χ4n) is 3.26. The maximum absolute atomic E-state index is 12.8. The molecule has 0 unspecified atom stereocenters. The van der Waals surface area contributed by atoms with Gasteiger partial charge in [-0.3, -0.25) is 10.1 Å². The normalized spacial score (nSPS) is 14.8. The molecular formula is C20H22N2O7S. The van der Waals surface area contributed by atoms with Crippen LogP contribution in [0.4, 0.5) is 5.69 Å². The summed E-state index contributed by atoms with van der Waals surface area (Å²) in [4.78, 5) is 22.9. The summed E-state index contributed by atoms with van der Waals surface area (Å²) in [6.45, 7) is 0.667. The van der Waals surface area contributed by atoms with Gasteiger partial charge in [-0.1, -0.05) is 12.5 Å². The fourth-order valence-corrected chi connectivity index (χ4v) is 4.82. The largest absolute Gasteiger partial charge is 0.496 e. The van der Waals surface area contributed by atoms with E-state index in [0.717, 1.165) is 19.3 Å². The number of esters is 1. The van der Waals surface area contributed by atoms with E-state index in [4.69, 9.17) is 9.47 Å². The zero-order valence-electron chi connectivity index (χ0n) is 16.4. The minimum Gasteiger partial charge on any atom is -0.496 e. The Labute approximate surface area is 174 Å². The maximum atomic E-state index is 12.8. The predicted molar refractivity (Wildman–Crippen MR) is 108 cm³/mol. The van der Waals surface area contributed by atoms with E-state index in [1.165, 1.54) is 53.9 Å². The third-order valence-electron chi connectivity index (χ3n) is 4.86. The van der Waals surface area contributed by atoms with Crippen molar-refractivity contribution in [2.75, 3.05) is 20.2 Å². The first-order valence-corrected chi connectivity index (χ1v) is 10.9. The number of non-ortho nitro benzene ring substituents is 1. The Morgan fingerprint density at radius 3 is 2.53 bits per heavy atom. The van der Waals surface area contributed by atoms with Crippen LogP contribution in [0.25, 0.3) is 0 Å². The number of nitro groups is 1. The molecule has 10 heteroatoms. The molecule has 0 saturated carbocycles. The van der Waals surface area contributed by atoms with Crippen LogP contribution >= 0.6 is 0 Å². The van der Waals surface area contributed by atoms with Gasteiger partial charge < -0.3 is 9.47 Å². The summed E-state index contributed by atoms with van der Waals surface area (Å²) in [5.74, 6) is -0.394. The van der Waals surface area contributed by atoms with Gasteiger partial charge in [0.15, 0.2) is 0 Å². The summed E-state index contributed by atoms with van der Waals surface area (Å²) in [6, 6.07) is 9.67. The average Bonchev–Trinajstić information content (AvgIpc) is 2.77. The molecule has 0 spiro atoms. The Morgan fingerprint density at radius 2 is 1.87 bits per heavy atom. The molecule has 0 aromatic heterocycles. The maximum Gasteiger partial charge on any atom is 0.338 e. The van der Waals surface area contributed by atoms with E-state index in [9.17, 15) is 23.3 Å². The van der Waals surface area contributed by atoms with Crippen LogP contribution in [0, 0.1) is 10.1 Å². The van der Waals surface area contributed by atoms with Crippen LogP contribution in [-0.4, -0.2) is 43.8 Å². The average molecular weight is 434 g/mol. The van der Waals surface area contributed by atoms with Crippen molar-refractivity contribution in [3.63, 3.8) is 0 Å². The molecule has 9 nitrogen and oxygen atoms in total. The Hall–Kier alpha value is -2.98. The highest BCUT2D eigenvalue weighted by Crippen LogP contribution is 2.26. The summed E-state index contributed by atoms with van der Waals surface area (Å²) < 4.78 is 37.5. The van der Waals surface area contributed by atoms with Crippen molar-refractivity contribution < 1.29 is 27.6 Å². The lowest BCUT2D eigenvalue weighted by Crippen LogP contribution is -2.35. The minimum absolute atomic E-state index is 0.0341. The molecule has 0 amide bonds. The SMILES string of the molecule is COc1ccc([N+](=O)[O-])cc1COC(=O)c1cccc(S(=O)(=O)N2CCCCC2)c1. The molecule has 0 atom stereocenters. The smallest absolute Gasteiger partial charge is 0.338 e. The van der Waals surface area contributed by atoms with E-state index in [2.05, 4.69) is 0 Å². The van der Waals surface area contributed by atoms with Crippen LogP contribution in [0.2, 0.25) is 0 Å². The van der Waals surface area contributed by atoms with E-state index in [0.29, 0.717) is 24.4 Å². The van der Waals surface area contributed by atoms with E-state index in [-0.39, 0.29) is 22.8 Å². The third kappa shape index (κ3) is 4.77. The summed E-state index contributed by atoms with van der Waals surface area (Å²) in [5.41, 5.74) is 0.256. The van der Waals surface area contributed by atoms with Gasteiger partial charge in [-0.15, -0.1) is 0 Å². The number of piperidine rings is 1. The van der Waals surface area contributed by atoms with E-state index >= 15 is 0 Å². The molecule has 0 bridgehead atoms. The van der Waals surface area contributed by atoms with Gasteiger partial charge in [-0.05, 0) is 37.1 Å². The van der Waals surface area contributed by atoms with Crippen LogP contribution in [0.3, 0.4) is 0 Å². The second kappa shape index (κ2) is 9.23. The molecule has 160 valence electrons. The van der Waals surface area contributed by atoms with Crippen LogP contribution in [-0.2, 0) is 21.4 Å². The van der Waals surface area contributed by atoms with Gasteiger partial charge in [0.25, 0.3) is 5.69 Å². The molecule has 30 heavy (non-hydrogen) atoms. The number of hydrogen-bond acceptors (Lipinski definition) is 7. The monoisotopic (exact) mass is 434 g/mol. The van der Waals surface area contributed by atoms with Crippen molar-refractivity contribution in [1.29, 1.82) is 0 Å². The highest BCUT2D eigenvalue weighted by Gasteiger charge is 2.26. The van der Waals surface area contributed by atoms with E-state index < -0.39 is 20.9 Å². The molecular weight excluding hydrogens is 412 g/mol. The molecule has 1 saturated heterocycles. The lowest BCUT2D eigenvalue weighted by molar-refractivity contribution is -0.385. The van der Waals surface area contributed by atoms with Crippen molar-refractivity contribution in [3.05, 3.63) is 63.7 Å².